The molecule has 2 aromatic rings. The van der Waals surface area contributed by atoms with E-state index in [-0.39, 0.29) is 12.0 Å². The molecule has 4 nitrogen and oxygen atoms in total. The molecule has 0 aliphatic carbocycles. The Kier molecular flexibility index (Phi) is 6.50. The van der Waals surface area contributed by atoms with Gasteiger partial charge in [0.25, 0.3) is 0 Å². The normalized spacial score (nSPS) is 10.5. The summed E-state index contributed by atoms with van der Waals surface area (Å²) in [4.78, 5) is 12.1. The van der Waals surface area contributed by atoms with E-state index in [0.717, 1.165) is 22.7 Å². The fraction of sp³-hybridized carbons (Fsp3) is 0.316. The van der Waals surface area contributed by atoms with Gasteiger partial charge in [0.2, 0.25) is 5.91 Å². The van der Waals surface area contributed by atoms with Crippen LogP contribution >= 0.6 is 11.6 Å². The molecule has 2 rings (SSSR count). The molecule has 0 heterocycles. The lowest BCUT2D eigenvalue weighted by molar-refractivity contribution is -0.115. The summed E-state index contributed by atoms with van der Waals surface area (Å²) >= 11 is 6.06. The first-order valence-electron chi connectivity index (χ1n) is 8.02. The highest BCUT2D eigenvalue weighted by Gasteiger charge is 2.08. The summed E-state index contributed by atoms with van der Waals surface area (Å²) in [6, 6.07) is 13.2. The van der Waals surface area contributed by atoms with E-state index >= 15 is 0 Å². The van der Waals surface area contributed by atoms with Crippen molar-refractivity contribution in [3.63, 3.8) is 0 Å². The number of carbonyl (C=O) groups is 1. The molecule has 0 bridgehead atoms. The predicted molar refractivity (Wildman–Crippen MR) is 100 cm³/mol. The highest BCUT2D eigenvalue weighted by atomic mass is 35.5. The number of hydrogen-bond donors (Lipinski definition) is 2. The van der Waals surface area contributed by atoms with Crippen molar-refractivity contribution in [2.24, 2.45) is 0 Å². The minimum Gasteiger partial charge on any atom is -0.489 e. The van der Waals surface area contributed by atoms with Crippen LogP contribution in [0.25, 0.3) is 0 Å². The molecule has 0 atom stereocenters. The number of ether oxygens (including phenoxy) is 1. The summed E-state index contributed by atoms with van der Waals surface area (Å²) in [6.45, 7) is 6.37. The zero-order chi connectivity index (χ0) is 17.5. The second-order valence-corrected chi connectivity index (χ2v) is 6.21. The van der Waals surface area contributed by atoms with Gasteiger partial charge in [0, 0.05) is 23.7 Å². The van der Waals surface area contributed by atoms with Crippen LogP contribution in [0.15, 0.2) is 42.5 Å². The molecule has 0 aliphatic heterocycles. The van der Waals surface area contributed by atoms with Gasteiger partial charge in [-0.1, -0.05) is 29.8 Å². The minimum absolute atomic E-state index is 0.0601. The number of hydrogen-bond acceptors (Lipinski definition) is 3. The van der Waals surface area contributed by atoms with Gasteiger partial charge < -0.3 is 15.4 Å². The molecule has 1 amide bonds. The van der Waals surface area contributed by atoms with E-state index in [1.165, 1.54) is 0 Å². The number of anilines is 2. The lowest BCUT2D eigenvalue weighted by atomic mass is 10.2. The number of nitrogens with one attached hydrogen (secondary N) is 2. The molecule has 128 valence electrons. The molecule has 5 heteroatoms. The van der Waals surface area contributed by atoms with E-state index < -0.39 is 0 Å². The molecule has 24 heavy (non-hydrogen) atoms. The van der Waals surface area contributed by atoms with Crippen LogP contribution in [-0.4, -0.2) is 18.6 Å². The average molecular weight is 347 g/mol. The third kappa shape index (κ3) is 5.17. The third-order valence-corrected chi connectivity index (χ3v) is 3.87. The summed E-state index contributed by atoms with van der Waals surface area (Å²) in [6.07, 6.45) is 0.448. The van der Waals surface area contributed by atoms with Crippen molar-refractivity contribution in [1.29, 1.82) is 0 Å². The van der Waals surface area contributed by atoms with Crippen molar-refractivity contribution in [3.05, 3.63) is 53.1 Å². The van der Waals surface area contributed by atoms with E-state index in [1.54, 1.807) is 6.07 Å². The lowest BCUT2D eigenvalue weighted by Crippen LogP contribution is -2.17. The van der Waals surface area contributed by atoms with Crippen LogP contribution in [0.5, 0.6) is 5.75 Å². The molecule has 0 fully saturated rings. The fourth-order valence-electron chi connectivity index (χ4n) is 2.24. The molecule has 0 aliphatic rings. The van der Waals surface area contributed by atoms with Gasteiger partial charge in [0.15, 0.2) is 0 Å². The van der Waals surface area contributed by atoms with Gasteiger partial charge in [-0.2, -0.15) is 0 Å². The van der Waals surface area contributed by atoms with Crippen LogP contribution in [0.3, 0.4) is 0 Å². The van der Waals surface area contributed by atoms with E-state index in [0.29, 0.717) is 18.0 Å². The summed E-state index contributed by atoms with van der Waals surface area (Å²) in [5, 5.41) is 6.78. The van der Waals surface area contributed by atoms with E-state index in [2.05, 4.69) is 10.6 Å². The van der Waals surface area contributed by atoms with Crippen molar-refractivity contribution in [3.8, 4) is 5.75 Å². The Morgan fingerprint density at radius 1 is 1.12 bits per heavy atom. The van der Waals surface area contributed by atoms with Crippen LogP contribution in [0.2, 0.25) is 5.02 Å². The van der Waals surface area contributed by atoms with Crippen molar-refractivity contribution in [2.75, 3.05) is 17.2 Å². The van der Waals surface area contributed by atoms with Gasteiger partial charge in [0.1, 0.15) is 5.75 Å². The van der Waals surface area contributed by atoms with Crippen LogP contribution in [0.4, 0.5) is 11.4 Å². The Balaban J connectivity index is 1.88. The zero-order valence-electron chi connectivity index (χ0n) is 14.2. The SMILES string of the molecule is Cc1c(Cl)cccc1NC(=O)CCNc1ccccc1OC(C)C. The maximum atomic E-state index is 12.1. The number of amides is 1. The molecule has 0 radical (unpaired) electrons. The highest BCUT2D eigenvalue weighted by Crippen LogP contribution is 2.25. The number of carbonyl (C=O) groups excluding carboxylic acids is 1. The minimum atomic E-state index is -0.0601. The average Bonchev–Trinajstić information content (AvgIpc) is 2.53. The van der Waals surface area contributed by atoms with Crippen molar-refractivity contribution in [2.45, 2.75) is 33.3 Å². The zero-order valence-corrected chi connectivity index (χ0v) is 15.0. The standard InChI is InChI=1S/C19H23ClN2O2/c1-13(2)24-18-10-5-4-8-17(18)21-12-11-19(23)22-16-9-6-7-15(20)14(16)3/h4-10,13,21H,11-12H2,1-3H3,(H,22,23). The summed E-state index contributed by atoms with van der Waals surface area (Å²) < 4.78 is 5.75. The number of para-hydroxylation sites is 2. The second-order valence-electron chi connectivity index (χ2n) is 5.80. The molecular weight excluding hydrogens is 324 g/mol. The van der Waals surface area contributed by atoms with Gasteiger partial charge in [-0.25, -0.2) is 0 Å². The van der Waals surface area contributed by atoms with Crippen LogP contribution in [0.1, 0.15) is 25.8 Å². The predicted octanol–water partition coefficient (Wildman–Crippen LogP) is 4.88. The summed E-state index contributed by atoms with van der Waals surface area (Å²) in [5.41, 5.74) is 2.50. The van der Waals surface area contributed by atoms with Crippen LogP contribution in [0, 0.1) is 6.92 Å². The van der Waals surface area contributed by atoms with Crippen LogP contribution in [-0.2, 0) is 4.79 Å². The van der Waals surface area contributed by atoms with Gasteiger partial charge in [-0.15, -0.1) is 0 Å². The Bertz CT molecular complexity index is 702. The number of halogens is 1. The maximum Gasteiger partial charge on any atom is 0.226 e. The van der Waals surface area contributed by atoms with Crippen molar-refractivity contribution >= 4 is 28.9 Å². The topological polar surface area (TPSA) is 50.4 Å². The van der Waals surface area contributed by atoms with Gasteiger partial charge in [-0.05, 0) is 50.6 Å². The van der Waals surface area contributed by atoms with E-state index in [1.807, 2.05) is 57.2 Å². The quantitative estimate of drug-likeness (QED) is 0.751. The number of rotatable bonds is 7. The molecule has 0 aromatic heterocycles. The van der Waals surface area contributed by atoms with E-state index in [4.69, 9.17) is 16.3 Å². The molecule has 2 N–H and O–H groups in total. The largest absolute Gasteiger partial charge is 0.489 e. The second kappa shape index (κ2) is 8.60. The van der Waals surface area contributed by atoms with Gasteiger partial charge >= 0.3 is 0 Å². The highest BCUT2D eigenvalue weighted by molar-refractivity contribution is 6.31. The Morgan fingerprint density at radius 2 is 1.83 bits per heavy atom. The van der Waals surface area contributed by atoms with Crippen LogP contribution < -0.4 is 15.4 Å². The van der Waals surface area contributed by atoms with Crippen molar-refractivity contribution in [1.82, 2.24) is 0 Å². The van der Waals surface area contributed by atoms with Gasteiger partial charge in [-0.3, -0.25) is 4.79 Å². The Morgan fingerprint density at radius 3 is 2.58 bits per heavy atom. The molecule has 0 saturated heterocycles. The van der Waals surface area contributed by atoms with Gasteiger partial charge in [0.05, 0.1) is 11.8 Å². The first-order valence-corrected chi connectivity index (χ1v) is 8.39. The first kappa shape index (κ1) is 18.1. The maximum absolute atomic E-state index is 12.1. The number of benzene rings is 2. The Hall–Kier alpha value is -2.20. The lowest BCUT2D eigenvalue weighted by Gasteiger charge is -2.15. The Labute approximate surface area is 148 Å². The van der Waals surface area contributed by atoms with Crippen molar-refractivity contribution < 1.29 is 9.53 Å². The third-order valence-electron chi connectivity index (χ3n) is 3.46. The molecular formula is C19H23ClN2O2. The molecule has 0 spiro atoms. The molecule has 0 saturated carbocycles. The first-order chi connectivity index (χ1) is 11.5. The summed E-state index contributed by atoms with van der Waals surface area (Å²) in [7, 11) is 0. The molecule has 2 aromatic carbocycles. The van der Waals surface area contributed by atoms with E-state index in [9.17, 15) is 4.79 Å². The monoisotopic (exact) mass is 346 g/mol. The smallest absolute Gasteiger partial charge is 0.226 e. The summed E-state index contributed by atoms with van der Waals surface area (Å²) in [5.74, 6) is 0.730. The fourth-order valence-corrected chi connectivity index (χ4v) is 2.41. The molecule has 0 unspecified atom stereocenters.